The number of rotatable bonds is 5. The molecule has 0 saturated heterocycles. The molecule has 1 heterocycles. The Morgan fingerprint density at radius 2 is 1.57 bits per heavy atom. The summed E-state index contributed by atoms with van der Waals surface area (Å²) in [6, 6.07) is 23.4. The fourth-order valence-corrected chi connectivity index (χ4v) is 2.82. The normalized spacial score (nSPS) is 11.0. The summed E-state index contributed by atoms with van der Waals surface area (Å²) in [6.45, 7) is 3.62. The summed E-state index contributed by atoms with van der Waals surface area (Å²) < 4.78 is 5.49. The Labute approximate surface area is 165 Å². The third-order valence-corrected chi connectivity index (χ3v) is 4.19. The Kier molecular flexibility index (Phi) is 5.98. The first kappa shape index (κ1) is 19.5. The Bertz CT molecular complexity index is 934. The first-order valence-corrected chi connectivity index (χ1v) is 9.16. The molecule has 3 aromatic rings. The van der Waals surface area contributed by atoms with Gasteiger partial charge in [0, 0.05) is 12.5 Å². The highest BCUT2D eigenvalue weighted by Gasteiger charge is 2.17. The maximum absolute atomic E-state index is 12.5. The maximum Gasteiger partial charge on any atom is 0.287 e. The molecular weight excluding hydrogens is 350 g/mol. The number of aliphatic hydroxyl groups is 1. The second-order valence-electron chi connectivity index (χ2n) is 7.06. The van der Waals surface area contributed by atoms with Gasteiger partial charge in [-0.1, -0.05) is 66.6 Å². The van der Waals surface area contributed by atoms with Gasteiger partial charge in [0.15, 0.2) is 11.5 Å². The molecule has 4 nitrogen and oxygen atoms in total. The van der Waals surface area contributed by atoms with E-state index in [0.29, 0.717) is 12.3 Å². The Morgan fingerprint density at radius 1 is 1.00 bits per heavy atom. The quantitative estimate of drug-likeness (QED) is 0.666. The molecule has 2 N–H and O–H groups in total. The highest BCUT2D eigenvalue weighted by atomic mass is 16.3. The number of nitrogens with one attached hydrogen (secondary N) is 1. The SMILES string of the molecule is CC(C)(O)C#Cc1ccc(C(=O)NCC(c2ccccc2)c2ccccc2)o1. The van der Waals surface area contributed by atoms with Gasteiger partial charge in [0.05, 0.1) is 0 Å². The monoisotopic (exact) mass is 373 g/mol. The van der Waals surface area contributed by atoms with E-state index in [1.165, 1.54) is 0 Å². The molecule has 142 valence electrons. The van der Waals surface area contributed by atoms with Crippen molar-refractivity contribution in [2.24, 2.45) is 0 Å². The standard InChI is InChI=1S/C24H23NO3/c1-24(2,27)16-15-20-13-14-22(28-20)23(26)25-17-21(18-9-5-3-6-10-18)19-11-7-4-8-12-19/h3-14,21,27H,17H2,1-2H3,(H,25,26). The minimum atomic E-state index is -1.12. The lowest BCUT2D eigenvalue weighted by Gasteiger charge is -2.18. The lowest BCUT2D eigenvalue weighted by Crippen LogP contribution is -2.28. The number of hydrogen-bond donors (Lipinski definition) is 2. The van der Waals surface area contributed by atoms with Gasteiger partial charge in [-0.15, -0.1) is 0 Å². The average Bonchev–Trinajstić information content (AvgIpc) is 3.17. The summed E-state index contributed by atoms with van der Waals surface area (Å²) in [7, 11) is 0. The molecule has 0 radical (unpaired) electrons. The molecule has 0 atom stereocenters. The molecule has 0 bridgehead atoms. The summed E-state index contributed by atoms with van der Waals surface area (Å²) in [5.41, 5.74) is 1.14. The smallest absolute Gasteiger partial charge is 0.287 e. The third kappa shape index (κ3) is 5.35. The van der Waals surface area contributed by atoms with Crippen LogP contribution in [-0.4, -0.2) is 23.2 Å². The van der Waals surface area contributed by atoms with Crippen LogP contribution < -0.4 is 5.32 Å². The molecule has 0 fully saturated rings. The predicted molar refractivity (Wildman–Crippen MR) is 109 cm³/mol. The minimum Gasteiger partial charge on any atom is -0.443 e. The largest absolute Gasteiger partial charge is 0.443 e. The van der Waals surface area contributed by atoms with Crippen molar-refractivity contribution in [3.8, 4) is 11.8 Å². The summed E-state index contributed by atoms with van der Waals surface area (Å²) in [6.07, 6.45) is 0. The Balaban J connectivity index is 1.72. The van der Waals surface area contributed by atoms with Crippen LogP contribution in [0.3, 0.4) is 0 Å². The van der Waals surface area contributed by atoms with Crippen LogP contribution in [-0.2, 0) is 0 Å². The van der Waals surface area contributed by atoms with Crippen LogP contribution in [0.5, 0.6) is 0 Å². The molecule has 0 aliphatic rings. The Hall–Kier alpha value is -3.29. The fraction of sp³-hybridized carbons (Fsp3) is 0.208. The van der Waals surface area contributed by atoms with Gasteiger partial charge < -0.3 is 14.8 Å². The van der Waals surface area contributed by atoms with E-state index >= 15 is 0 Å². The van der Waals surface area contributed by atoms with Crippen LogP contribution >= 0.6 is 0 Å². The van der Waals surface area contributed by atoms with Crippen LogP contribution in [0.4, 0.5) is 0 Å². The van der Waals surface area contributed by atoms with Crippen LogP contribution in [0.1, 0.15) is 47.2 Å². The van der Waals surface area contributed by atoms with Crippen LogP contribution in [0.2, 0.25) is 0 Å². The zero-order valence-electron chi connectivity index (χ0n) is 16.0. The topological polar surface area (TPSA) is 62.5 Å². The lowest BCUT2D eigenvalue weighted by molar-refractivity contribution is 0.0924. The van der Waals surface area contributed by atoms with Crippen LogP contribution in [0.25, 0.3) is 0 Å². The molecule has 0 aliphatic carbocycles. The number of carbonyl (C=O) groups is 1. The van der Waals surface area contributed by atoms with E-state index in [-0.39, 0.29) is 17.6 Å². The number of furan rings is 1. The summed E-state index contributed by atoms with van der Waals surface area (Å²) in [4.78, 5) is 12.5. The molecule has 0 saturated carbocycles. The number of amides is 1. The van der Waals surface area contributed by atoms with Gasteiger partial charge in [0.1, 0.15) is 5.60 Å². The van der Waals surface area contributed by atoms with Crippen molar-refractivity contribution in [3.05, 3.63) is 95.4 Å². The van der Waals surface area contributed by atoms with E-state index < -0.39 is 5.60 Å². The third-order valence-electron chi connectivity index (χ3n) is 4.19. The molecule has 28 heavy (non-hydrogen) atoms. The van der Waals surface area contributed by atoms with Crippen molar-refractivity contribution < 1.29 is 14.3 Å². The van der Waals surface area contributed by atoms with Gasteiger partial charge in [-0.25, -0.2) is 0 Å². The van der Waals surface area contributed by atoms with Crippen molar-refractivity contribution in [3.63, 3.8) is 0 Å². The fourth-order valence-electron chi connectivity index (χ4n) is 2.82. The van der Waals surface area contributed by atoms with E-state index in [2.05, 4.69) is 41.4 Å². The highest BCUT2D eigenvalue weighted by Crippen LogP contribution is 2.23. The first-order chi connectivity index (χ1) is 13.4. The van der Waals surface area contributed by atoms with E-state index in [4.69, 9.17) is 4.42 Å². The van der Waals surface area contributed by atoms with Crippen molar-refractivity contribution in [1.82, 2.24) is 5.32 Å². The molecule has 1 aromatic heterocycles. The van der Waals surface area contributed by atoms with Gasteiger partial charge in [0.25, 0.3) is 5.91 Å². The maximum atomic E-state index is 12.5. The molecule has 0 unspecified atom stereocenters. The first-order valence-electron chi connectivity index (χ1n) is 9.16. The molecule has 3 rings (SSSR count). The van der Waals surface area contributed by atoms with E-state index in [0.717, 1.165) is 11.1 Å². The average molecular weight is 373 g/mol. The molecule has 1 amide bonds. The van der Waals surface area contributed by atoms with Gasteiger partial charge in [0.2, 0.25) is 0 Å². The molecule has 2 aromatic carbocycles. The van der Waals surface area contributed by atoms with Gasteiger partial charge in [-0.05, 0) is 43.0 Å². The van der Waals surface area contributed by atoms with Gasteiger partial charge >= 0.3 is 0 Å². The van der Waals surface area contributed by atoms with Crippen molar-refractivity contribution in [1.29, 1.82) is 0 Å². The van der Waals surface area contributed by atoms with E-state index in [1.807, 2.05) is 36.4 Å². The second-order valence-corrected chi connectivity index (χ2v) is 7.06. The van der Waals surface area contributed by atoms with Crippen molar-refractivity contribution in [2.45, 2.75) is 25.4 Å². The number of carbonyl (C=O) groups excluding carboxylic acids is 1. The van der Waals surface area contributed by atoms with Gasteiger partial charge in [-0.2, -0.15) is 0 Å². The molecule has 0 spiro atoms. The highest BCUT2D eigenvalue weighted by molar-refractivity contribution is 5.91. The minimum absolute atomic E-state index is 0.0377. The zero-order valence-corrected chi connectivity index (χ0v) is 16.0. The summed E-state index contributed by atoms with van der Waals surface area (Å²) in [5.74, 6) is 5.67. The molecule has 0 aliphatic heterocycles. The van der Waals surface area contributed by atoms with E-state index in [9.17, 15) is 9.90 Å². The lowest BCUT2D eigenvalue weighted by atomic mass is 9.91. The summed E-state index contributed by atoms with van der Waals surface area (Å²) in [5, 5.41) is 12.6. The predicted octanol–water partition coefficient (Wildman–Crippen LogP) is 3.96. The summed E-state index contributed by atoms with van der Waals surface area (Å²) >= 11 is 0. The van der Waals surface area contributed by atoms with E-state index in [1.54, 1.807) is 26.0 Å². The van der Waals surface area contributed by atoms with Crippen LogP contribution in [0, 0.1) is 11.8 Å². The molecular formula is C24H23NO3. The Morgan fingerprint density at radius 3 is 2.11 bits per heavy atom. The van der Waals surface area contributed by atoms with Crippen molar-refractivity contribution >= 4 is 5.91 Å². The second kappa shape index (κ2) is 8.60. The zero-order chi connectivity index (χ0) is 20.0. The number of hydrogen-bond acceptors (Lipinski definition) is 3. The molecule has 4 heteroatoms. The van der Waals surface area contributed by atoms with Gasteiger partial charge in [-0.3, -0.25) is 4.79 Å². The van der Waals surface area contributed by atoms with Crippen LogP contribution in [0.15, 0.2) is 77.2 Å². The van der Waals surface area contributed by atoms with Crippen molar-refractivity contribution in [2.75, 3.05) is 6.54 Å². The number of benzene rings is 2.